The van der Waals surface area contributed by atoms with Gasteiger partial charge in [0, 0.05) is 11.4 Å². The zero-order valence-corrected chi connectivity index (χ0v) is 10.2. The third kappa shape index (κ3) is 1.36. The van der Waals surface area contributed by atoms with Crippen LogP contribution >= 0.6 is 0 Å². The van der Waals surface area contributed by atoms with Gasteiger partial charge in [0.15, 0.2) is 0 Å². The standard InChI is InChI=1S/C14H18N2/c1-9-4-5-13-12(7-9)15-14-8-10(2)6-11(3)16(13)14/h6,8-9H,4-5,7H2,1-3H3. The molecule has 2 aromatic heterocycles. The summed E-state index contributed by atoms with van der Waals surface area (Å²) in [5.74, 6) is 0.791. The van der Waals surface area contributed by atoms with Gasteiger partial charge in [-0.1, -0.05) is 6.92 Å². The molecule has 0 radical (unpaired) electrons. The summed E-state index contributed by atoms with van der Waals surface area (Å²) in [6, 6.07) is 4.43. The molecule has 2 aromatic rings. The van der Waals surface area contributed by atoms with Crippen LogP contribution < -0.4 is 0 Å². The summed E-state index contributed by atoms with van der Waals surface area (Å²) < 4.78 is 2.34. The number of hydrogen-bond donors (Lipinski definition) is 0. The lowest BCUT2D eigenvalue weighted by Gasteiger charge is -2.17. The Kier molecular flexibility index (Phi) is 2.06. The van der Waals surface area contributed by atoms with Gasteiger partial charge in [0.05, 0.1) is 5.69 Å². The highest BCUT2D eigenvalue weighted by molar-refractivity contribution is 5.48. The second-order valence-corrected chi connectivity index (χ2v) is 5.22. The van der Waals surface area contributed by atoms with Crippen LogP contribution in [0.1, 0.15) is 36.0 Å². The highest BCUT2D eigenvalue weighted by Crippen LogP contribution is 2.27. The van der Waals surface area contributed by atoms with E-state index in [9.17, 15) is 0 Å². The molecular weight excluding hydrogens is 196 g/mol. The van der Waals surface area contributed by atoms with E-state index in [1.54, 1.807) is 0 Å². The molecule has 1 atom stereocenters. The number of imidazole rings is 1. The molecule has 0 N–H and O–H groups in total. The lowest BCUT2D eigenvalue weighted by atomic mass is 9.91. The van der Waals surface area contributed by atoms with Crippen molar-refractivity contribution in [3.05, 3.63) is 34.8 Å². The maximum absolute atomic E-state index is 4.79. The fourth-order valence-corrected chi connectivity index (χ4v) is 2.88. The summed E-state index contributed by atoms with van der Waals surface area (Å²) in [6.07, 6.45) is 3.63. The normalized spacial score (nSPS) is 20.1. The van der Waals surface area contributed by atoms with Crippen LogP contribution in [0.2, 0.25) is 0 Å². The van der Waals surface area contributed by atoms with E-state index in [1.807, 2.05) is 0 Å². The van der Waals surface area contributed by atoms with Crippen molar-refractivity contribution in [1.82, 2.24) is 9.38 Å². The van der Waals surface area contributed by atoms with E-state index in [4.69, 9.17) is 4.98 Å². The summed E-state index contributed by atoms with van der Waals surface area (Å²) in [5, 5.41) is 0. The molecule has 2 heteroatoms. The molecule has 0 aromatic carbocycles. The van der Waals surface area contributed by atoms with Crippen LogP contribution in [-0.4, -0.2) is 9.38 Å². The van der Waals surface area contributed by atoms with Crippen molar-refractivity contribution in [1.29, 1.82) is 0 Å². The largest absolute Gasteiger partial charge is 0.301 e. The second-order valence-electron chi connectivity index (χ2n) is 5.22. The van der Waals surface area contributed by atoms with Crippen LogP contribution in [-0.2, 0) is 12.8 Å². The number of fused-ring (bicyclic) bond motifs is 3. The lowest BCUT2D eigenvalue weighted by Crippen LogP contribution is -2.12. The summed E-state index contributed by atoms with van der Waals surface area (Å²) in [4.78, 5) is 4.79. The van der Waals surface area contributed by atoms with Gasteiger partial charge in [-0.25, -0.2) is 4.98 Å². The van der Waals surface area contributed by atoms with Gasteiger partial charge in [0.1, 0.15) is 5.65 Å². The third-order valence-electron chi connectivity index (χ3n) is 3.64. The molecule has 0 spiro atoms. The van der Waals surface area contributed by atoms with E-state index in [-0.39, 0.29) is 0 Å². The summed E-state index contributed by atoms with van der Waals surface area (Å²) in [5.41, 5.74) is 6.54. The minimum Gasteiger partial charge on any atom is -0.301 e. The molecule has 0 saturated carbocycles. The zero-order chi connectivity index (χ0) is 11.3. The molecule has 2 heterocycles. The van der Waals surface area contributed by atoms with E-state index in [0.717, 1.165) is 18.0 Å². The SMILES string of the molecule is Cc1cc(C)n2c3c(nc2c1)CC(C)CC3. The Hall–Kier alpha value is -1.31. The molecule has 2 nitrogen and oxygen atoms in total. The van der Waals surface area contributed by atoms with E-state index in [1.165, 1.54) is 35.5 Å². The van der Waals surface area contributed by atoms with Crippen molar-refractivity contribution in [3.63, 3.8) is 0 Å². The van der Waals surface area contributed by atoms with Crippen LogP contribution in [0.4, 0.5) is 0 Å². The molecule has 84 valence electrons. The molecule has 0 saturated heterocycles. The molecule has 0 fully saturated rings. The number of aromatic nitrogens is 2. The molecule has 0 amide bonds. The highest BCUT2D eigenvalue weighted by atomic mass is 15.0. The number of aryl methyl sites for hydroxylation is 3. The van der Waals surface area contributed by atoms with Gasteiger partial charge in [-0.05, 0) is 56.7 Å². The summed E-state index contributed by atoms with van der Waals surface area (Å²) >= 11 is 0. The first-order chi connectivity index (χ1) is 7.65. The van der Waals surface area contributed by atoms with Crippen molar-refractivity contribution in [3.8, 4) is 0 Å². The topological polar surface area (TPSA) is 17.3 Å². The van der Waals surface area contributed by atoms with Crippen LogP contribution in [0.3, 0.4) is 0 Å². The van der Waals surface area contributed by atoms with E-state index in [2.05, 4.69) is 37.3 Å². The van der Waals surface area contributed by atoms with Gasteiger partial charge in [0.25, 0.3) is 0 Å². The first-order valence-electron chi connectivity index (χ1n) is 6.12. The predicted molar refractivity (Wildman–Crippen MR) is 65.9 cm³/mol. The van der Waals surface area contributed by atoms with Crippen molar-refractivity contribution in [2.45, 2.75) is 40.0 Å². The van der Waals surface area contributed by atoms with Crippen molar-refractivity contribution in [2.24, 2.45) is 5.92 Å². The van der Waals surface area contributed by atoms with Gasteiger partial charge in [-0.15, -0.1) is 0 Å². The van der Waals surface area contributed by atoms with E-state index >= 15 is 0 Å². The first kappa shape index (κ1) is 9.88. The maximum atomic E-state index is 4.79. The van der Waals surface area contributed by atoms with Gasteiger partial charge < -0.3 is 4.40 Å². The van der Waals surface area contributed by atoms with Gasteiger partial charge in [-0.2, -0.15) is 0 Å². The molecule has 3 rings (SSSR count). The van der Waals surface area contributed by atoms with Gasteiger partial charge in [-0.3, -0.25) is 0 Å². The summed E-state index contributed by atoms with van der Waals surface area (Å²) in [6.45, 7) is 6.65. The molecule has 0 aliphatic heterocycles. The molecular formula is C14H18N2. The molecule has 1 unspecified atom stereocenters. The fraction of sp³-hybridized carbons (Fsp3) is 0.500. The number of pyridine rings is 1. The molecule has 16 heavy (non-hydrogen) atoms. The molecule has 1 aliphatic carbocycles. The monoisotopic (exact) mass is 214 g/mol. The average molecular weight is 214 g/mol. The minimum atomic E-state index is 0.791. The maximum Gasteiger partial charge on any atom is 0.137 e. The highest BCUT2D eigenvalue weighted by Gasteiger charge is 2.21. The smallest absolute Gasteiger partial charge is 0.137 e. The Morgan fingerprint density at radius 2 is 2.12 bits per heavy atom. The van der Waals surface area contributed by atoms with Crippen LogP contribution in [0.15, 0.2) is 12.1 Å². The van der Waals surface area contributed by atoms with E-state index in [0.29, 0.717) is 0 Å². The number of rotatable bonds is 0. The lowest BCUT2D eigenvalue weighted by molar-refractivity contribution is 0.489. The Morgan fingerprint density at radius 3 is 2.94 bits per heavy atom. The Labute approximate surface area is 96.3 Å². The average Bonchev–Trinajstić information content (AvgIpc) is 2.54. The van der Waals surface area contributed by atoms with Crippen LogP contribution in [0, 0.1) is 19.8 Å². The van der Waals surface area contributed by atoms with Crippen molar-refractivity contribution in [2.75, 3.05) is 0 Å². The van der Waals surface area contributed by atoms with Crippen LogP contribution in [0.25, 0.3) is 5.65 Å². The van der Waals surface area contributed by atoms with Crippen molar-refractivity contribution < 1.29 is 0 Å². The van der Waals surface area contributed by atoms with Crippen LogP contribution in [0.5, 0.6) is 0 Å². The third-order valence-corrected chi connectivity index (χ3v) is 3.64. The zero-order valence-electron chi connectivity index (χ0n) is 10.2. The molecule has 1 aliphatic rings. The molecule has 0 bridgehead atoms. The van der Waals surface area contributed by atoms with E-state index < -0.39 is 0 Å². The Balaban J connectivity index is 2.29. The quantitative estimate of drug-likeness (QED) is 0.658. The van der Waals surface area contributed by atoms with Crippen molar-refractivity contribution >= 4 is 5.65 Å². The second kappa shape index (κ2) is 3.34. The minimum absolute atomic E-state index is 0.791. The first-order valence-corrected chi connectivity index (χ1v) is 6.12. The van der Waals surface area contributed by atoms with Gasteiger partial charge in [0.2, 0.25) is 0 Å². The van der Waals surface area contributed by atoms with Gasteiger partial charge >= 0.3 is 0 Å². The Bertz CT molecular complexity index is 551. The predicted octanol–water partition coefficient (Wildman–Crippen LogP) is 3.08. The number of nitrogens with zero attached hydrogens (tertiary/aromatic N) is 2. The fourth-order valence-electron chi connectivity index (χ4n) is 2.88. The Morgan fingerprint density at radius 1 is 1.31 bits per heavy atom. The number of hydrogen-bond acceptors (Lipinski definition) is 1. The summed E-state index contributed by atoms with van der Waals surface area (Å²) in [7, 11) is 0.